The molecule has 0 spiro atoms. The number of halogens is 2. The Morgan fingerprint density at radius 2 is 2.04 bits per heavy atom. The third-order valence-electron chi connectivity index (χ3n) is 4.60. The van der Waals surface area contributed by atoms with E-state index in [0.29, 0.717) is 15.9 Å². The van der Waals surface area contributed by atoms with Crippen LogP contribution in [-0.2, 0) is 0 Å². The first kappa shape index (κ1) is 15.8. The average molecular weight is 415 g/mol. The zero-order valence-electron chi connectivity index (χ0n) is 12.5. The van der Waals surface area contributed by atoms with Crippen molar-refractivity contribution in [3.63, 3.8) is 0 Å². The topological polar surface area (TPSA) is 35.6 Å². The van der Waals surface area contributed by atoms with Gasteiger partial charge in [0.2, 0.25) is 0 Å². The summed E-state index contributed by atoms with van der Waals surface area (Å²) in [4.78, 5) is 17.8. The number of likely N-dealkylation sites (tertiary alicyclic amines) is 1. The lowest BCUT2D eigenvalue weighted by Gasteiger charge is -2.46. The van der Waals surface area contributed by atoms with Crippen molar-refractivity contribution in [3.05, 3.63) is 32.6 Å². The molecule has 2 fully saturated rings. The molecule has 0 saturated carbocycles. The molecule has 4 rings (SSSR count). The summed E-state index contributed by atoms with van der Waals surface area (Å²) in [5.41, 5.74) is 0. The highest BCUT2D eigenvalue weighted by Crippen LogP contribution is 2.38. The smallest absolute Gasteiger partial charge is 0.265 e. The van der Waals surface area contributed by atoms with Gasteiger partial charge >= 0.3 is 0 Å². The van der Waals surface area contributed by atoms with Crippen LogP contribution < -0.4 is 5.32 Å². The van der Waals surface area contributed by atoms with Crippen molar-refractivity contribution in [2.45, 2.75) is 6.04 Å². The summed E-state index contributed by atoms with van der Waals surface area (Å²) < 4.78 is 2.05. The molecule has 0 radical (unpaired) electrons. The SMILES string of the molecule is O=C(c1sc2cc(Br)ccc2c1Cl)N1CC(N2CCNCC2)C1. The fourth-order valence-corrected chi connectivity index (χ4v) is 5.25. The fraction of sp³-hybridized carbons (Fsp3) is 0.438. The number of carbonyl (C=O) groups excluding carboxylic acids is 1. The molecule has 2 aliphatic heterocycles. The van der Waals surface area contributed by atoms with Crippen LogP contribution in [0.4, 0.5) is 0 Å². The highest BCUT2D eigenvalue weighted by molar-refractivity contribution is 9.10. The Bertz CT molecular complexity index is 753. The largest absolute Gasteiger partial charge is 0.335 e. The summed E-state index contributed by atoms with van der Waals surface area (Å²) in [6, 6.07) is 6.44. The molecule has 1 aromatic carbocycles. The van der Waals surface area contributed by atoms with Crippen LogP contribution in [0.3, 0.4) is 0 Å². The monoisotopic (exact) mass is 413 g/mol. The van der Waals surface area contributed by atoms with Crippen LogP contribution >= 0.6 is 38.9 Å². The second-order valence-electron chi connectivity index (χ2n) is 6.04. The van der Waals surface area contributed by atoms with Crippen molar-refractivity contribution < 1.29 is 4.79 Å². The molecule has 7 heteroatoms. The number of nitrogens with zero attached hydrogens (tertiary/aromatic N) is 2. The first-order valence-corrected chi connectivity index (χ1v) is 9.74. The third kappa shape index (κ3) is 2.91. The van der Waals surface area contributed by atoms with E-state index in [4.69, 9.17) is 11.6 Å². The number of carbonyl (C=O) groups is 1. The fourth-order valence-electron chi connectivity index (χ4n) is 3.22. The number of nitrogens with one attached hydrogen (secondary N) is 1. The first-order valence-electron chi connectivity index (χ1n) is 7.75. The number of hydrogen-bond acceptors (Lipinski definition) is 4. The summed E-state index contributed by atoms with van der Waals surface area (Å²) in [6.07, 6.45) is 0. The second kappa shape index (κ2) is 6.33. The Balaban J connectivity index is 1.49. The zero-order chi connectivity index (χ0) is 16.0. The van der Waals surface area contributed by atoms with E-state index in [2.05, 4.69) is 26.1 Å². The molecule has 0 aliphatic carbocycles. The van der Waals surface area contributed by atoms with Crippen molar-refractivity contribution >= 4 is 54.9 Å². The van der Waals surface area contributed by atoms with E-state index >= 15 is 0 Å². The van der Waals surface area contributed by atoms with Crippen molar-refractivity contribution in [2.75, 3.05) is 39.3 Å². The van der Waals surface area contributed by atoms with E-state index in [-0.39, 0.29) is 5.91 Å². The Labute approximate surface area is 152 Å². The Hall–Kier alpha value is -0.660. The van der Waals surface area contributed by atoms with Gasteiger partial charge in [-0.05, 0) is 12.1 Å². The average Bonchev–Trinajstić information content (AvgIpc) is 2.83. The molecule has 3 heterocycles. The van der Waals surface area contributed by atoms with Gasteiger partial charge in [0.25, 0.3) is 5.91 Å². The number of benzene rings is 1. The van der Waals surface area contributed by atoms with Gasteiger partial charge in [-0.1, -0.05) is 33.6 Å². The van der Waals surface area contributed by atoms with Crippen LogP contribution in [0.1, 0.15) is 9.67 Å². The minimum Gasteiger partial charge on any atom is -0.335 e. The van der Waals surface area contributed by atoms with E-state index < -0.39 is 0 Å². The lowest BCUT2D eigenvalue weighted by molar-refractivity contribution is 0.0231. The molecule has 2 aromatic rings. The maximum atomic E-state index is 12.7. The quantitative estimate of drug-likeness (QED) is 0.820. The summed E-state index contributed by atoms with van der Waals surface area (Å²) in [7, 11) is 0. The number of rotatable bonds is 2. The van der Waals surface area contributed by atoms with E-state index in [9.17, 15) is 4.79 Å². The van der Waals surface area contributed by atoms with E-state index in [1.807, 2.05) is 23.1 Å². The molecule has 0 bridgehead atoms. The van der Waals surface area contributed by atoms with Crippen LogP contribution in [0.2, 0.25) is 5.02 Å². The summed E-state index contributed by atoms with van der Waals surface area (Å²) in [5, 5.41) is 4.91. The van der Waals surface area contributed by atoms with Gasteiger partial charge in [0.1, 0.15) is 4.88 Å². The van der Waals surface area contributed by atoms with Crippen LogP contribution in [0, 0.1) is 0 Å². The lowest BCUT2D eigenvalue weighted by Crippen LogP contribution is -2.63. The van der Waals surface area contributed by atoms with E-state index in [1.54, 1.807) is 0 Å². The molecular weight excluding hydrogens is 398 g/mol. The lowest BCUT2D eigenvalue weighted by atomic mass is 10.1. The van der Waals surface area contributed by atoms with Gasteiger partial charge in [-0.15, -0.1) is 11.3 Å². The van der Waals surface area contributed by atoms with Gasteiger partial charge in [-0.25, -0.2) is 0 Å². The molecule has 1 amide bonds. The highest BCUT2D eigenvalue weighted by Gasteiger charge is 2.36. The van der Waals surface area contributed by atoms with Crippen molar-refractivity contribution in [1.82, 2.24) is 15.1 Å². The molecule has 2 saturated heterocycles. The van der Waals surface area contributed by atoms with Crippen LogP contribution in [0.5, 0.6) is 0 Å². The maximum Gasteiger partial charge on any atom is 0.265 e. The van der Waals surface area contributed by atoms with Gasteiger partial charge in [-0.2, -0.15) is 0 Å². The van der Waals surface area contributed by atoms with Gasteiger partial charge in [0, 0.05) is 59.9 Å². The highest BCUT2D eigenvalue weighted by atomic mass is 79.9. The van der Waals surface area contributed by atoms with Crippen LogP contribution in [0.25, 0.3) is 10.1 Å². The number of fused-ring (bicyclic) bond motifs is 1. The Morgan fingerprint density at radius 3 is 2.78 bits per heavy atom. The van der Waals surface area contributed by atoms with Gasteiger partial charge in [0.05, 0.1) is 5.02 Å². The minimum absolute atomic E-state index is 0.0682. The van der Waals surface area contributed by atoms with Gasteiger partial charge in [-0.3, -0.25) is 9.69 Å². The Kier molecular flexibility index (Phi) is 4.36. The van der Waals surface area contributed by atoms with Crippen molar-refractivity contribution in [3.8, 4) is 0 Å². The standard InChI is InChI=1S/C16H17BrClN3OS/c17-10-1-2-12-13(7-10)23-15(14(12)18)16(22)21-8-11(9-21)20-5-3-19-4-6-20/h1-2,7,11,19H,3-6,8-9H2. The summed E-state index contributed by atoms with van der Waals surface area (Å²) in [6.45, 7) is 5.86. The van der Waals surface area contributed by atoms with Gasteiger partial charge in [0.15, 0.2) is 0 Å². The molecule has 0 atom stereocenters. The molecule has 2 aliphatic rings. The Morgan fingerprint density at radius 1 is 1.30 bits per heavy atom. The summed E-state index contributed by atoms with van der Waals surface area (Å²) >= 11 is 11.4. The molecule has 23 heavy (non-hydrogen) atoms. The number of amides is 1. The molecule has 1 N–H and O–H groups in total. The predicted molar refractivity (Wildman–Crippen MR) is 98.7 cm³/mol. The molecular formula is C16H17BrClN3OS. The van der Waals surface area contributed by atoms with E-state index in [1.165, 1.54) is 11.3 Å². The number of piperazine rings is 1. The van der Waals surface area contributed by atoms with Crippen LogP contribution in [0.15, 0.2) is 22.7 Å². The number of hydrogen-bond donors (Lipinski definition) is 1. The molecule has 1 aromatic heterocycles. The molecule has 0 unspecified atom stereocenters. The maximum absolute atomic E-state index is 12.7. The van der Waals surface area contributed by atoms with Crippen LogP contribution in [-0.4, -0.2) is 61.0 Å². The predicted octanol–water partition coefficient (Wildman–Crippen LogP) is 3.05. The molecule has 122 valence electrons. The normalized spacial score (nSPS) is 20.0. The van der Waals surface area contributed by atoms with Crippen molar-refractivity contribution in [2.24, 2.45) is 0 Å². The van der Waals surface area contributed by atoms with E-state index in [0.717, 1.165) is 53.8 Å². The molecule has 4 nitrogen and oxygen atoms in total. The second-order valence-corrected chi connectivity index (χ2v) is 8.38. The zero-order valence-corrected chi connectivity index (χ0v) is 15.7. The summed E-state index contributed by atoms with van der Waals surface area (Å²) in [5.74, 6) is 0.0682. The third-order valence-corrected chi connectivity index (χ3v) is 6.74. The number of thiophene rings is 1. The van der Waals surface area contributed by atoms with Crippen molar-refractivity contribution in [1.29, 1.82) is 0 Å². The van der Waals surface area contributed by atoms with Gasteiger partial charge < -0.3 is 10.2 Å². The minimum atomic E-state index is 0.0682. The first-order chi connectivity index (χ1) is 11.1.